The maximum Gasteiger partial charge on any atom is 2.00 e. The van der Waals surface area contributed by atoms with Gasteiger partial charge in [0.15, 0.2) is 0 Å². The molecular weight excluding hydrogens is 342 g/mol. The van der Waals surface area contributed by atoms with Crippen LogP contribution in [0, 0.1) is 0 Å². The van der Waals surface area contributed by atoms with Crippen molar-refractivity contribution in [1.29, 1.82) is 0 Å². The molecule has 0 unspecified atom stereocenters. The third kappa shape index (κ3) is 3.82. The molecule has 4 aromatic rings. The fourth-order valence-corrected chi connectivity index (χ4v) is 2.18. The quantitative estimate of drug-likeness (QED) is 0.470. The number of rotatable bonds is 0. The van der Waals surface area contributed by atoms with Gasteiger partial charge in [-0.15, -0.1) is 0 Å². The minimum absolute atomic E-state index is 0. The van der Waals surface area contributed by atoms with E-state index in [0.717, 1.165) is 10.8 Å². The number of fused-ring (bicyclic) bond motifs is 2. The molecule has 0 aliphatic rings. The van der Waals surface area contributed by atoms with Gasteiger partial charge in [0.1, 0.15) is 22.5 Å². The molecule has 0 saturated heterocycles. The number of aromatic nitrogens is 2. The molecule has 0 aliphatic carbocycles. The third-order valence-corrected chi connectivity index (χ3v) is 3.22. The Labute approximate surface area is 146 Å². The van der Waals surface area contributed by atoms with Crippen LogP contribution < -0.4 is 0 Å². The number of nitrogens with zero attached hydrogens (tertiary/aromatic N) is 2. The van der Waals surface area contributed by atoms with E-state index in [0.29, 0.717) is 11.0 Å². The standard InChI is InChI=1S/2C9H7NO.Zn/c2*11-8-5-1-3-7-4-2-6-10-9(7)8;/h2*1-6,11H;/q;;+2. The van der Waals surface area contributed by atoms with Gasteiger partial charge in [-0.25, -0.2) is 0 Å². The van der Waals surface area contributed by atoms with Crippen molar-refractivity contribution in [3.8, 4) is 11.5 Å². The predicted octanol–water partition coefficient (Wildman–Crippen LogP) is 3.88. The molecule has 2 N–H and O–H groups in total. The Bertz CT molecular complexity index is 841. The van der Waals surface area contributed by atoms with Crippen LogP contribution in [-0.2, 0) is 19.5 Å². The first kappa shape index (κ1) is 16.8. The molecule has 23 heavy (non-hydrogen) atoms. The summed E-state index contributed by atoms with van der Waals surface area (Å²) >= 11 is 0. The molecule has 108 valence electrons. The van der Waals surface area contributed by atoms with Crippen LogP contribution in [0.2, 0.25) is 0 Å². The minimum Gasteiger partial charge on any atom is -0.506 e. The Morgan fingerprint density at radius 3 is 1.35 bits per heavy atom. The predicted molar refractivity (Wildman–Crippen MR) is 86.8 cm³/mol. The normalized spacial score (nSPS) is 9.74. The summed E-state index contributed by atoms with van der Waals surface area (Å²) in [6.07, 6.45) is 3.34. The van der Waals surface area contributed by atoms with Crippen molar-refractivity contribution in [2.24, 2.45) is 0 Å². The van der Waals surface area contributed by atoms with Gasteiger partial charge >= 0.3 is 19.5 Å². The Morgan fingerprint density at radius 1 is 0.565 bits per heavy atom. The molecule has 0 bridgehead atoms. The SMILES string of the molecule is Oc1cccc2cccnc12.Oc1cccc2cccnc12.[Zn+2]. The van der Waals surface area contributed by atoms with E-state index >= 15 is 0 Å². The molecule has 0 fully saturated rings. The zero-order valence-corrected chi connectivity index (χ0v) is 15.4. The number of aromatic hydroxyl groups is 2. The number of hydrogen-bond donors (Lipinski definition) is 2. The van der Waals surface area contributed by atoms with Crippen molar-refractivity contribution in [2.45, 2.75) is 0 Å². The van der Waals surface area contributed by atoms with E-state index in [4.69, 9.17) is 0 Å². The van der Waals surface area contributed by atoms with E-state index in [1.165, 1.54) is 0 Å². The van der Waals surface area contributed by atoms with Crippen LogP contribution in [0.3, 0.4) is 0 Å². The molecule has 0 amide bonds. The molecule has 2 aromatic carbocycles. The monoisotopic (exact) mass is 354 g/mol. The summed E-state index contributed by atoms with van der Waals surface area (Å²) in [5, 5.41) is 20.5. The summed E-state index contributed by atoms with van der Waals surface area (Å²) in [6, 6.07) is 18.3. The van der Waals surface area contributed by atoms with Gasteiger partial charge < -0.3 is 10.2 Å². The second-order valence-corrected chi connectivity index (χ2v) is 4.70. The van der Waals surface area contributed by atoms with Gasteiger partial charge in [-0.05, 0) is 24.3 Å². The molecule has 2 heterocycles. The van der Waals surface area contributed by atoms with Crippen LogP contribution in [0.5, 0.6) is 11.5 Å². The zero-order chi connectivity index (χ0) is 15.4. The van der Waals surface area contributed by atoms with Gasteiger partial charge in [-0.3, -0.25) is 9.97 Å². The summed E-state index contributed by atoms with van der Waals surface area (Å²) in [7, 11) is 0. The van der Waals surface area contributed by atoms with E-state index in [1.807, 2.05) is 36.4 Å². The van der Waals surface area contributed by atoms with Crippen molar-refractivity contribution >= 4 is 21.8 Å². The van der Waals surface area contributed by atoms with E-state index in [-0.39, 0.29) is 31.0 Å². The largest absolute Gasteiger partial charge is 2.00 e. The van der Waals surface area contributed by atoms with Crippen molar-refractivity contribution in [1.82, 2.24) is 9.97 Å². The average molecular weight is 356 g/mol. The number of pyridine rings is 2. The van der Waals surface area contributed by atoms with E-state index < -0.39 is 0 Å². The number of benzene rings is 2. The third-order valence-electron chi connectivity index (χ3n) is 3.22. The molecule has 0 radical (unpaired) electrons. The Morgan fingerprint density at radius 2 is 0.957 bits per heavy atom. The number of hydrogen-bond acceptors (Lipinski definition) is 4. The van der Waals surface area contributed by atoms with Crippen molar-refractivity contribution in [3.63, 3.8) is 0 Å². The topological polar surface area (TPSA) is 66.2 Å². The molecule has 4 nitrogen and oxygen atoms in total. The second-order valence-electron chi connectivity index (χ2n) is 4.70. The molecule has 4 rings (SSSR count). The molecule has 0 spiro atoms. The number of para-hydroxylation sites is 2. The van der Waals surface area contributed by atoms with Crippen LogP contribution in [0.1, 0.15) is 0 Å². The van der Waals surface area contributed by atoms with Gasteiger partial charge in [0.05, 0.1) is 0 Å². The average Bonchev–Trinajstić information content (AvgIpc) is 2.57. The van der Waals surface area contributed by atoms with E-state index in [9.17, 15) is 10.2 Å². The summed E-state index contributed by atoms with van der Waals surface area (Å²) in [4.78, 5) is 8.06. The van der Waals surface area contributed by atoms with Crippen LogP contribution in [0.4, 0.5) is 0 Å². The minimum atomic E-state index is 0. The van der Waals surface area contributed by atoms with Crippen LogP contribution in [-0.4, -0.2) is 20.2 Å². The van der Waals surface area contributed by atoms with Gasteiger partial charge in [0.2, 0.25) is 0 Å². The summed E-state index contributed by atoms with van der Waals surface area (Å²) in [5.74, 6) is 0.478. The first-order valence-electron chi connectivity index (χ1n) is 6.81. The fourth-order valence-electron chi connectivity index (χ4n) is 2.18. The second kappa shape index (κ2) is 7.66. The summed E-state index contributed by atoms with van der Waals surface area (Å²) < 4.78 is 0. The molecule has 5 heteroatoms. The number of phenolic OH excluding ortho intramolecular Hbond substituents is 2. The smallest absolute Gasteiger partial charge is 0.506 e. The van der Waals surface area contributed by atoms with Crippen molar-refractivity contribution in [3.05, 3.63) is 73.1 Å². The van der Waals surface area contributed by atoms with Gasteiger partial charge in [-0.2, -0.15) is 0 Å². The van der Waals surface area contributed by atoms with Gasteiger partial charge in [0, 0.05) is 23.2 Å². The Kier molecular flexibility index (Phi) is 5.61. The van der Waals surface area contributed by atoms with Crippen LogP contribution in [0.25, 0.3) is 21.8 Å². The van der Waals surface area contributed by atoms with E-state index in [1.54, 1.807) is 36.7 Å². The molecule has 0 saturated carbocycles. The van der Waals surface area contributed by atoms with Crippen molar-refractivity contribution < 1.29 is 29.7 Å². The molecular formula is C18H14N2O2Zn+2. The zero-order valence-electron chi connectivity index (χ0n) is 12.4. The number of phenols is 2. The summed E-state index contributed by atoms with van der Waals surface area (Å²) in [6.45, 7) is 0. The van der Waals surface area contributed by atoms with Crippen LogP contribution >= 0.6 is 0 Å². The first-order chi connectivity index (χ1) is 10.8. The maximum atomic E-state index is 9.31. The Hall–Kier alpha value is -2.52. The first-order valence-corrected chi connectivity index (χ1v) is 6.81. The molecule has 0 aliphatic heterocycles. The molecule has 0 atom stereocenters. The van der Waals surface area contributed by atoms with Crippen LogP contribution in [0.15, 0.2) is 73.1 Å². The van der Waals surface area contributed by atoms with Gasteiger partial charge in [-0.1, -0.05) is 36.4 Å². The fraction of sp³-hybridized carbons (Fsp3) is 0. The van der Waals surface area contributed by atoms with Crippen molar-refractivity contribution in [2.75, 3.05) is 0 Å². The van der Waals surface area contributed by atoms with Gasteiger partial charge in [0.25, 0.3) is 0 Å². The van der Waals surface area contributed by atoms with E-state index in [2.05, 4.69) is 9.97 Å². The molecule has 2 aromatic heterocycles. The summed E-state index contributed by atoms with van der Waals surface area (Å²) in [5.41, 5.74) is 1.32. The Balaban J connectivity index is 0.000000160. The maximum absolute atomic E-state index is 9.31.